The van der Waals surface area contributed by atoms with E-state index in [0.717, 1.165) is 20.8 Å². The van der Waals surface area contributed by atoms with Crippen molar-refractivity contribution in [3.63, 3.8) is 0 Å². The fraction of sp³-hybridized carbons (Fsp3) is 0.286. The molecule has 38 heavy (non-hydrogen) atoms. The lowest BCUT2D eigenvalue weighted by Gasteiger charge is -2.32. The van der Waals surface area contributed by atoms with E-state index in [0.29, 0.717) is 0 Å². The van der Waals surface area contributed by atoms with E-state index >= 15 is 0 Å². The Kier molecular flexibility index (Phi) is 10.4. The number of carbonyl (C=O) groups excluding carboxylic acids is 2. The van der Waals surface area contributed by atoms with E-state index in [-0.39, 0.29) is 34.1 Å². The van der Waals surface area contributed by atoms with Crippen molar-refractivity contribution in [2.45, 2.75) is 50.7 Å². The highest BCUT2D eigenvalue weighted by Gasteiger charge is 2.33. The van der Waals surface area contributed by atoms with Gasteiger partial charge in [-0.15, -0.1) is 0 Å². The summed E-state index contributed by atoms with van der Waals surface area (Å²) in [5.74, 6) is -0.867. The van der Waals surface area contributed by atoms with Crippen LogP contribution in [0.4, 0.5) is 5.69 Å². The number of para-hydroxylation sites is 1. The van der Waals surface area contributed by atoms with Crippen molar-refractivity contribution in [2.75, 3.05) is 10.8 Å². The van der Waals surface area contributed by atoms with E-state index in [1.54, 1.807) is 49.4 Å². The number of nitrogens with one attached hydrogen (secondary N) is 1. The third-order valence-electron chi connectivity index (χ3n) is 6.14. The summed E-state index contributed by atoms with van der Waals surface area (Å²) in [6.45, 7) is 5.04. The molecule has 3 rings (SSSR count). The standard InChI is InChI=1S/C28H31BrClN3O4S/c1-4-20(2)31-28(35)21(3)32(18-22-11-10-12-23(29)17-22)27(34)19-33(26-16-9-8-15-25(26)30)38(36,37)24-13-6-5-7-14-24/h5-17,20-21H,4,18-19H2,1-3H3,(H,31,35)/t20-,21-/m1/s1. The van der Waals surface area contributed by atoms with Gasteiger partial charge in [0.2, 0.25) is 11.8 Å². The first-order chi connectivity index (χ1) is 18.0. The van der Waals surface area contributed by atoms with Gasteiger partial charge in [0.15, 0.2) is 0 Å². The molecule has 0 radical (unpaired) electrons. The summed E-state index contributed by atoms with van der Waals surface area (Å²) in [5.41, 5.74) is 0.955. The molecule has 0 aliphatic carbocycles. The molecule has 0 aliphatic heterocycles. The van der Waals surface area contributed by atoms with Gasteiger partial charge in [-0.2, -0.15) is 0 Å². The summed E-state index contributed by atoms with van der Waals surface area (Å²) in [7, 11) is -4.16. The van der Waals surface area contributed by atoms with Crippen molar-refractivity contribution in [1.29, 1.82) is 0 Å². The minimum absolute atomic E-state index is 0.0221. The Morgan fingerprint density at radius 1 is 0.974 bits per heavy atom. The number of halogens is 2. The summed E-state index contributed by atoms with van der Waals surface area (Å²) < 4.78 is 29.3. The molecule has 0 fully saturated rings. The van der Waals surface area contributed by atoms with Gasteiger partial charge >= 0.3 is 0 Å². The number of hydrogen-bond donors (Lipinski definition) is 1. The number of benzene rings is 3. The lowest BCUT2D eigenvalue weighted by Crippen LogP contribution is -2.52. The quantitative estimate of drug-likeness (QED) is 0.301. The molecule has 0 saturated heterocycles. The van der Waals surface area contributed by atoms with E-state index in [1.165, 1.54) is 17.0 Å². The van der Waals surface area contributed by atoms with Crippen LogP contribution in [0.2, 0.25) is 5.02 Å². The number of rotatable bonds is 11. The van der Waals surface area contributed by atoms with Crippen LogP contribution in [0, 0.1) is 0 Å². The predicted octanol–water partition coefficient (Wildman–Crippen LogP) is 5.63. The number of hydrogen-bond acceptors (Lipinski definition) is 4. The molecule has 0 unspecified atom stereocenters. The molecule has 0 heterocycles. The summed E-state index contributed by atoms with van der Waals surface area (Å²) >= 11 is 9.85. The highest BCUT2D eigenvalue weighted by atomic mass is 79.9. The fourth-order valence-electron chi connectivity index (χ4n) is 3.77. The Balaban J connectivity index is 2.03. The molecular weight excluding hydrogens is 590 g/mol. The van der Waals surface area contributed by atoms with Crippen LogP contribution in [0.25, 0.3) is 0 Å². The maximum absolute atomic E-state index is 13.9. The van der Waals surface area contributed by atoms with E-state index in [2.05, 4.69) is 21.2 Å². The number of nitrogens with zero attached hydrogens (tertiary/aromatic N) is 2. The van der Waals surface area contributed by atoms with Crippen molar-refractivity contribution in [1.82, 2.24) is 10.2 Å². The molecule has 2 amide bonds. The Morgan fingerprint density at radius 2 is 1.63 bits per heavy atom. The van der Waals surface area contributed by atoms with E-state index in [1.807, 2.05) is 38.1 Å². The maximum atomic E-state index is 13.9. The molecule has 10 heteroatoms. The van der Waals surface area contributed by atoms with Crippen molar-refractivity contribution in [3.05, 3.63) is 93.9 Å². The van der Waals surface area contributed by atoms with Gasteiger partial charge in [-0.25, -0.2) is 8.42 Å². The zero-order valence-electron chi connectivity index (χ0n) is 21.5. The van der Waals surface area contributed by atoms with Crippen molar-refractivity contribution in [2.24, 2.45) is 0 Å². The molecule has 0 saturated carbocycles. The Bertz CT molecular complexity index is 1370. The summed E-state index contributed by atoms with van der Waals surface area (Å²) in [4.78, 5) is 28.4. The molecular formula is C28H31BrClN3O4S. The van der Waals surface area contributed by atoms with Crippen molar-refractivity contribution < 1.29 is 18.0 Å². The van der Waals surface area contributed by atoms with Crippen LogP contribution in [-0.2, 0) is 26.2 Å². The van der Waals surface area contributed by atoms with E-state index in [9.17, 15) is 18.0 Å². The monoisotopic (exact) mass is 619 g/mol. The van der Waals surface area contributed by atoms with Crippen LogP contribution in [0.5, 0.6) is 0 Å². The lowest BCUT2D eigenvalue weighted by molar-refractivity contribution is -0.139. The third kappa shape index (κ3) is 7.36. The second-order valence-electron chi connectivity index (χ2n) is 8.92. The SMILES string of the molecule is CC[C@@H](C)NC(=O)[C@@H](C)N(Cc1cccc(Br)c1)C(=O)CN(c1ccccc1Cl)S(=O)(=O)c1ccccc1. The molecule has 2 atom stereocenters. The van der Waals surface area contributed by atoms with Crippen LogP contribution in [-0.4, -0.2) is 43.8 Å². The fourth-order valence-corrected chi connectivity index (χ4v) is 5.96. The van der Waals surface area contributed by atoms with Gasteiger partial charge in [-0.3, -0.25) is 13.9 Å². The highest BCUT2D eigenvalue weighted by Crippen LogP contribution is 2.30. The topological polar surface area (TPSA) is 86.8 Å². The third-order valence-corrected chi connectivity index (χ3v) is 8.73. The number of amides is 2. The zero-order chi connectivity index (χ0) is 27.9. The number of carbonyl (C=O) groups is 2. The van der Waals surface area contributed by atoms with Gasteiger partial charge in [0.05, 0.1) is 15.6 Å². The smallest absolute Gasteiger partial charge is 0.264 e. The molecule has 202 valence electrons. The van der Waals surface area contributed by atoms with Gasteiger partial charge in [0.1, 0.15) is 12.6 Å². The van der Waals surface area contributed by atoms with Gasteiger partial charge in [-0.05, 0) is 62.2 Å². The van der Waals surface area contributed by atoms with Crippen molar-refractivity contribution >= 4 is 55.1 Å². The van der Waals surface area contributed by atoms with E-state index < -0.39 is 28.5 Å². The predicted molar refractivity (Wildman–Crippen MR) is 154 cm³/mol. The van der Waals surface area contributed by atoms with Crippen LogP contribution in [0.3, 0.4) is 0 Å². The molecule has 0 aliphatic rings. The summed E-state index contributed by atoms with van der Waals surface area (Å²) in [5, 5.41) is 3.10. The average Bonchev–Trinajstić information content (AvgIpc) is 2.90. The molecule has 3 aromatic carbocycles. The largest absolute Gasteiger partial charge is 0.352 e. The first-order valence-electron chi connectivity index (χ1n) is 12.2. The normalized spacial score (nSPS) is 12.9. The van der Waals surface area contributed by atoms with E-state index in [4.69, 9.17) is 11.6 Å². The Hall–Kier alpha value is -2.88. The maximum Gasteiger partial charge on any atom is 0.264 e. The van der Waals surface area contributed by atoms with Crippen LogP contribution in [0.15, 0.2) is 88.2 Å². The summed E-state index contributed by atoms with van der Waals surface area (Å²) in [6, 6.07) is 20.8. The molecule has 3 aromatic rings. The van der Waals surface area contributed by atoms with Crippen molar-refractivity contribution in [3.8, 4) is 0 Å². The summed E-state index contributed by atoms with van der Waals surface area (Å²) in [6.07, 6.45) is 0.730. The average molecular weight is 621 g/mol. The number of anilines is 1. The second-order valence-corrected chi connectivity index (χ2v) is 12.1. The van der Waals surface area contributed by atoms with Gasteiger partial charge < -0.3 is 10.2 Å². The van der Waals surface area contributed by atoms with Crippen LogP contribution < -0.4 is 9.62 Å². The molecule has 0 spiro atoms. The number of sulfonamides is 1. The second kappa shape index (κ2) is 13.3. The highest BCUT2D eigenvalue weighted by molar-refractivity contribution is 9.10. The molecule has 0 aromatic heterocycles. The minimum Gasteiger partial charge on any atom is -0.352 e. The molecule has 7 nitrogen and oxygen atoms in total. The van der Waals surface area contributed by atoms with Crippen LogP contribution >= 0.6 is 27.5 Å². The minimum atomic E-state index is -4.16. The zero-order valence-corrected chi connectivity index (χ0v) is 24.6. The Labute approximate surface area is 238 Å². The molecule has 1 N–H and O–H groups in total. The lowest BCUT2D eigenvalue weighted by atomic mass is 10.1. The van der Waals surface area contributed by atoms with Gasteiger partial charge in [-0.1, -0.05) is 76.9 Å². The Morgan fingerprint density at radius 3 is 2.26 bits per heavy atom. The van der Waals surface area contributed by atoms with Gasteiger partial charge in [0.25, 0.3) is 10.0 Å². The molecule has 0 bridgehead atoms. The van der Waals surface area contributed by atoms with Crippen LogP contribution in [0.1, 0.15) is 32.8 Å². The first-order valence-corrected chi connectivity index (χ1v) is 14.8. The first kappa shape index (κ1) is 29.7. The van der Waals surface area contributed by atoms with Gasteiger partial charge in [0, 0.05) is 17.1 Å².